The van der Waals surface area contributed by atoms with Crippen LogP contribution >= 0.6 is 11.8 Å². The van der Waals surface area contributed by atoms with Gasteiger partial charge in [-0.2, -0.15) is 11.8 Å². The van der Waals surface area contributed by atoms with Gasteiger partial charge in [0.15, 0.2) is 0 Å². The summed E-state index contributed by atoms with van der Waals surface area (Å²) in [6.07, 6.45) is 2.19. The highest BCUT2D eigenvalue weighted by molar-refractivity contribution is 7.98. The van der Waals surface area contributed by atoms with Gasteiger partial charge in [0.05, 0.1) is 0 Å². The van der Waals surface area contributed by atoms with Crippen molar-refractivity contribution >= 4 is 23.6 Å². The van der Waals surface area contributed by atoms with E-state index in [1.54, 1.807) is 0 Å². The van der Waals surface area contributed by atoms with Gasteiger partial charge in [0.25, 0.3) is 5.91 Å². The number of hydrogen-bond acceptors (Lipinski definition) is 3. The molecule has 0 unspecified atom stereocenters. The van der Waals surface area contributed by atoms with Crippen LogP contribution in [-0.4, -0.2) is 35.0 Å². The highest BCUT2D eigenvalue weighted by atomic mass is 32.2. The second-order valence-corrected chi connectivity index (χ2v) is 4.64. The summed E-state index contributed by atoms with van der Waals surface area (Å²) < 4.78 is 12.9. The van der Waals surface area contributed by atoms with Gasteiger partial charge in [-0.15, -0.1) is 0 Å². The molecule has 0 radical (unpaired) electrons. The fourth-order valence-corrected chi connectivity index (χ4v) is 1.84. The van der Waals surface area contributed by atoms with Crippen molar-refractivity contribution in [2.75, 3.05) is 12.0 Å². The van der Waals surface area contributed by atoms with Gasteiger partial charge in [-0.1, -0.05) is 6.07 Å². The van der Waals surface area contributed by atoms with Gasteiger partial charge in [-0.05, 0) is 36.6 Å². The first-order valence-corrected chi connectivity index (χ1v) is 6.72. The van der Waals surface area contributed by atoms with E-state index in [1.807, 2.05) is 6.26 Å². The molecule has 1 aromatic carbocycles. The molecule has 6 heteroatoms. The molecule has 0 saturated heterocycles. The summed E-state index contributed by atoms with van der Waals surface area (Å²) in [4.78, 5) is 22.7. The summed E-state index contributed by atoms with van der Waals surface area (Å²) >= 11 is 1.50. The third kappa shape index (κ3) is 4.37. The van der Waals surface area contributed by atoms with Gasteiger partial charge in [-0.3, -0.25) is 4.79 Å². The number of thioether (sulfide) groups is 1. The molecule has 1 atom stereocenters. The average Bonchev–Trinajstić information content (AvgIpc) is 2.33. The molecule has 0 aromatic heterocycles. The molecule has 0 spiro atoms. The van der Waals surface area contributed by atoms with Gasteiger partial charge in [0, 0.05) is 5.56 Å². The van der Waals surface area contributed by atoms with Crippen molar-refractivity contribution in [3.05, 3.63) is 35.6 Å². The minimum Gasteiger partial charge on any atom is -0.480 e. The zero-order chi connectivity index (χ0) is 13.5. The Hall–Kier alpha value is -1.56. The van der Waals surface area contributed by atoms with E-state index < -0.39 is 23.7 Å². The Morgan fingerprint density at radius 2 is 2.22 bits per heavy atom. The molecule has 1 rings (SSSR count). The van der Waals surface area contributed by atoms with Crippen molar-refractivity contribution in [1.82, 2.24) is 5.32 Å². The molecule has 0 fully saturated rings. The van der Waals surface area contributed by atoms with Crippen molar-refractivity contribution in [3.8, 4) is 0 Å². The number of rotatable bonds is 6. The summed E-state index contributed by atoms with van der Waals surface area (Å²) in [6, 6.07) is 4.18. The van der Waals surface area contributed by atoms with E-state index in [1.165, 1.54) is 30.0 Å². The summed E-state index contributed by atoms with van der Waals surface area (Å²) in [6.45, 7) is 0. The van der Waals surface area contributed by atoms with Crippen molar-refractivity contribution in [1.29, 1.82) is 0 Å². The predicted molar refractivity (Wildman–Crippen MR) is 68.3 cm³/mol. The smallest absolute Gasteiger partial charge is 0.326 e. The molecule has 4 nitrogen and oxygen atoms in total. The third-order valence-electron chi connectivity index (χ3n) is 2.30. The van der Waals surface area contributed by atoms with Gasteiger partial charge < -0.3 is 10.4 Å². The molecule has 0 saturated carbocycles. The van der Waals surface area contributed by atoms with E-state index in [0.29, 0.717) is 12.2 Å². The number of nitrogens with one attached hydrogen (secondary N) is 1. The van der Waals surface area contributed by atoms with Crippen LogP contribution < -0.4 is 5.32 Å². The molecule has 0 aliphatic rings. The number of halogens is 1. The van der Waals surface area contributed by atoms with E-state index in [-0.39, 0.29) is 5.56 Å². The molecule has 1 amide bonds. The second-order valence-electron chi connectivity index (χ2n) is 3.66. The van der Waals surface area contributed by atoms with Gasteiger partial charge >= 0.3 is 5.97 Å². The van der Waals surface area contributed by atoms with Crippen LogP contribution in [0, 0.1) is 5.82 Å². The molecular weight excluding hydrogens is 257 g/mol. The van der Waals surface area contributed by atoms with Gasteiger partial charge in [0.2, 0.25) is 0 Å². The molecule has 18 heavy (non-hydrogen) atoms. The molecule has 0 aliphatic carbocycles. The van der Waals surface area contributed by atoms with Crippen LogP contribution in [0.5, 0.6) is 0 Å². The van der Waals surface area contributed by atoms with Crippen LogP contribution in [0.3, 0.4) is 0 Å². The topological polar surface area (TPSA) is 66.4 Å². The van der Waals surface area contributed by atoms with Crippen molar-refractivity contribution in [3.63, 3.8) is 0 Å². The largest absolute Gasteiger partial charge is 0.480 e. The lowest BCUT2D eigenvalue weighted by molar-refractivity contribution is -0.139. The monoisotopic (exact) mass is 271 g/mol. The lowest BCUT2D eigenvalue weighted by Gasteiger charge is -2.13. The van der Waals surface area contributed by atoms with E-state index >= 15 is 0 Å². The van der Waals surface area contributed by atoms with Gasteiger partial charge in [-0.25, -0.2) is 9.18 Å². The number of amides is 1. The van der Waals surface area contributed by atoms with Crippen molar-refractivity contribution < 1.29 is 19.1 Å². The molecule has 0 aliphatic heterocycles. The Morgan fingerprint density at radius 3 is 2.78 bits per heavy atom. The molecule has 0 bridgehead atoms. The first-order chi connectivity index (χ1) is 8.54. The van der Waals surface area contributed by atoms with E-state index in [0.717, 1.165) is 6.07 Å². The van der Waals surface area contributed by atoms with E-state index in [2.05, 4.69) is 5.32 Å². The number of aliphatic carboxylic acids is 1. The SMILES string of the molecule is CSCC[C@@H](NC(=O)c1cccc(F)c1)C(=O)O. The zero-order valence-electron chi connectivity index (χ0n) is 9.85. The number of carboxylic acid groups (broad SMARTS) is 1. The van der Waals surface area contributed by atoms with Crippen LogP contribution in [0.2, 0.25) is 0 Å². The number of carbonyl (C=O) groups excluding carboxylic acids is 1. The highest BCUT2D eigenvalue weighted by Crippen LogP contribution is 2.06. The molecule has 1 aromatic rings. The molecule has 0 heterocycles. The van der Waals surface area contributed by atoms with Gasteiger partial charge in [0.1, 0.15) is 11.9 Å². The van der Waals surface area contributed by atoms with Crippen LogP contribution in [0.25, 0.3) is 0 Å². The lowest BCUT2D eigenvalue weighted by atomic mass is 10.1. The van der Waals surface area contributed by atoms with Crippen molar-refractivity contribution in [2.24, 2.45) is 0 Å². The number of benzene rings is 1. The molecule has 98 valence electrons. The summed E-state index contributed by atoms with van der Waals surface area (Å²) in [7, 11) is 0. The highest BCUT2D eigenvalue weighted by Gasteiger charge is 2.20. The normalized spacial score (nSPS) is 11.9. The van der Waals surface area contributed by atoms with Crippen LogP contribution in [0.1, 0.15) is 16.8 Å². The molecule has 2 N–H and O–H groups in total. The standard InChI is InChI=1S/C12H14FNO3S/c1-18-6-5-10(12(16)17)14-11(15)8-3-2-4-9(13)7-8/h2-4,7,10H,5-6H2,1H3,(H,14,15)(H,16,17)/t10-/m1/s1. The van der Waals surface area contributed by atoms with Crippen LogP contribution in [-0.2, 0) is 4.79 Å². The number of carboxylic acids is 1. The Morgan fingerprint density at radius 1 is 1.50 bits per heavy atom. The maximum absolute atomic E-state index is 12.9. The van der Waals surface area contributed by atoms with Crippen LogP contribution in [0.4, 0.5) is 4.39 Å². The third-order valence-corrected chi connectivity index (χ3v) is 2.94. The Bertz CT molecular complexity index is 439. The Labute approximate surface area is 109 Å². The first-order valence-electron chi connectivity index (χ1n) is 5.32. The average molecular weight is 271 g/mol. The predicted octanol–water partition coefficient (Wildman–Crippen LogP) is 1.76. The van der Waals surface area contributed by atoms with E-state index in [4.69, 9.17) is 5.11 Å². The zero-order valence-corrected chi connectivity index (χ0v) is 10.7. The number of hydrogen-bond donors (Lipinski definition) is 2. The summed E-state index contributed by atoms with van der Waals surface area (Å²) in [5.41, 5.74) is 0.116. The Kier molecular flexibility index (Phi) is 5.64. The maximum Gasteiger partial charge on any atom is 0.326 e. The number of carbonyl (C=O) groups is 2. The minimum absolute atomic E-state index is 0.116. The fourth-order valence-electron chi connectivity index (χ4n) is 1.36. The fraction of sp³-hybridized carbons (Fsp3) is 0.333. The lowest BCUT2D eigenvalue weighted by Crippen LogP contribution is -2.41. The quantitative estimate of drug-likeness (QED) is 0.827. The van der Waals surface area contributed by atoms with E-state index in [9.17, 15) is 14.0 Å². The molecular formula is C12H14FNO3S. The summed E-state index contributed by atoms with van der Waals surface area (Å²) in [5.74, 6) is -1.57. The maximum atomic E-state index is 12.9. The second kappa shape index (κ2) is 7.00. The Balaban J connectivity index is 2.69. The minimum atomic E-state index is -1.09. The first kappa shape index (κ1) is 14.5. The van der Waals surface area contributed by atoms with Crippen LogP contribution in [0.15, 0.2) is 24.3 Å². The van der Waals surface area contributed by atoms with Crippen molar-refractivity contribution in [2.45, 2.75) is 12.5 Å². The summed E-state index contributed by atoms with van der Waals surface area (Å²) in [5, 5.41) is 11.3.